The van der Waals surface area contributed by atoms with E-state index >= 15 is 0 Å². The zero-order valence-electron chi connectivity index (χ0n) is 13.9. The summed E-state index contributed by atoms with van der Waals surface area (Å²) in [6.07, 6.45) is 2.74. The van der Waals surface area contributed by atoms with Gasteiger partial charge in [0, 0.05) is 37.8 Å². The Morgan fingerprint density at radius 1 is 1.12 bits per heavy atom. The second kappa shape index (κ2) is 7.70. The van der Waals surface area contributed by atoms with Crippen molar-refractivity contribution in [1.29, 1.82) is 0 Å². The van der Waals surface area contributed by atoms with Crippen molar-refractivity contribution in [2.75, 3.05) is 25.6 Å². The Labute approximate surface area is 141 Å². The molecule has 2 aromatic heterocycles. The maximum absolute atomic E-state index is 5.07. The molecule has 0 unspecified atom stereocenters. The molecule has 2 heterocycles. The standard InChI is InChI=1S/C18H21N5O/c1-14-21-22-18(23(14)16-7-4-3-5-8-16)17-13-15(9-11-20-17)19-10-6-12-24-2/h3-5,7-9,11,13H,6,10,12H2,1-2H3,(H,19,20). The number of hydrogen-bond acceptors (Lipinski definition) is 5. The number of nitrogens with one attached hydrogen (secondary N) is 1. The minimum Gasteiger partial charge on any atom is -0.385 e. The molecule has 24 heavy (non-hydrogen) atoms. The van der Waals surface area contributed by atoms with Crippen molar-refractivity contribution in [1.82, 2.24) is 19.7 Å². The first-order valence-corrected chi connectivity index (χ1v) is 7.96. The lowest BCUT2D eigenvalue weighted by Crippen LogP contribution is -2.05. The molecule has 0 fully saturated rings. The maximum Gasteiger partial charge on any atom is 0.187 e. The highest BCUT2D eigenvalue weighted by molar-refractivity contribution is 5.60. The monoisotopic (exact) mass is 323 g/mol. The molecule has 0 bridgehead atoms. The number of aromatic nitrogens is 4. The lowest BCUT2D eigenvalue weighted by atomic mass is 10.2. The summed E-state index contributed by atoms with van der Waals surface area (Å²) in [5.74, 6) is 1.57. The molecule has 0 radical (unpaired) electrons. The largest absolute Gasteiger partial charge is 0.385 e. The number of anilines is 1. The molecular weight excluding hydrogens is 302 g/mol. The van der Waals surface area contributed by atoms with E-state index in [2.05, 4.69) is 20.5 Å². The molecule has 1 aromatic carbocycles. The molecule has 0 saturated heterocycles. The third-order valence-electron chi connectivity index (χ3n) is 3.68. The SMILES string of the molecule is COCCCNc1ccnc(-c2nnc(C)n2-c2ccccc2)c1. The topological polar surface area (TPSA) is 64.9 Å². The Balaban J connectivity index is 1.88. The summed E-state index contributed by atoms with van der Waals surface area (Å²) in [6, 6.07) is 14.0. The molecule has 0 aliphatic rings. The molecule has 0 amide bonds. The van der Waals surface area contributed by atoms with Gasteiger partial charge in [-0.1, -0.05) is 18.2 Å². The first-order chi connectivity index (χ1) is 11.8. The number of ether oxygens (including phenoxy) is 1. The van der Waals surface area contributed by atoms with Gasteiger partial charge < -0.3 is 10.1 Å². The summed E-state index contributed by atoms with van der Waals surface area (Å²) in [5, 5.41) is 11.9. The van der Waals surface area contributed by atoms with E-state index in [4.69, 9.17) is 4.74 Å². The van der Waals surface area contributed by atoms with E-state index in [0.29, 0.717) is 0 Å². The fourth-order valence-corrected chi connectivity index (χ4v) is 2.53. The highest BCUT2D eigenvalue weighted by Gasteiger charge is 2.14. The number of benzene rings is 1. The lowest BCUT2D eigenvalue weighted by molar-refractivity contribution is 0.198. The van der Waals surface area contributed by atoms with Crippen molar-refractivity contribution in [3.05, 3.63) is 54.5 Å². The van der Waals surface area contributed by atoms with Crippen LogP contribution in [-0.2, 0) is 4.74 Å². The average Bonchev–Trinajstić information content (AvgIpc) is 3.01. The van der Waals surface area contributed by atoms with Crippen LogP contribution in [0.1, 0.15) is 12.2 Å². The summed E-state index contributed by atoms with van der Waals surface area (Å²) in [4.78, 5) is 4.47. The Bertz CT molecular complexity index is 785. The second-order valence-corrected chi connectivity index (χ2v) is 5.44. The van der Waals surface area contributed by atoms with Gasteiger partial charge in [-0.05, 0) is 37.6 Å². The van der Waals surface area contributed by atoms with Crippen LogP contribution >= 0.6 is 0 Å². The fraction of sp³-hybridized carbons (Fsp3) is 0.278. The van der Waals surface area contributed by atoms with E-state index in [0.717, 1.165) is 48.3 Å². The van der Waals surface area contributed by atoms with Gasteiger partial charge in [0.2, 0.25) is 0 Å². The van der Waals surface area contributed by atoms with Crippen LogP contribution in [0.5, 0.6) is 0 Å². The minimum absolute atomic E-state index is 0.735. The zero-order chi connectivity index (χ0) is 16.8. The molecule has 0 aliphatic heterocycles. The number of aryl methyl sites for hydroxylation is 1. The number of pyridine rings is 1. The molecule has 6 heteroatoms. The number of rotatable bonds is 7. The van der Waals surface area contributed by atoms with Crippen molar-refractivity contribution >= 4 is 5.69 Å². The first-order valence-electron chi connectivity index (χ1n) is 7.96. The van der Waals surface area contributed by atoms with Gasteiger partial charge in [-0.15, -0.1) is 10.2 Å². The van der Waals surface area contributed by atoms with E-state index in [1.54, 1.807) is 13.3 Å². The van der Waals surface area contributed by atoms with Crippen LogP contribution in [0.15, 0.2) is 48.7 Å². The molecule has 0 atom stereocenters. The number of para-hydroxylation sites is 1. The highest BCUT2D eigenvalue weighted by Crippen LogP contribution is 2.23. The summed E-state index contributed by atoms with van der Waals surface area (Å²) in [5.41, 5.74) is 2.82. The van der Waals surface area contributed by atoms with Gasteiger partial charge in [-0.25, -0.2) is 0 Å². The highest BCUT2D eigenvalue weighted by atomic mass is 16.5. The molecule has 0 spiro atoms. The number of hydrogen-bond donors (Lipinski definition) is 1. The molecular formula is C18H21N5O. The van der Waals surface area contributed by atoms with Crippen LogP contribution in [0, 0.1) is 6.92 Å². The summed E-state index contributed by atoms with van der Waals surface area (Å²) < 4.78 is 7.08. The predicted molar refractivity (Wildman–Crippen MR) is 94.3 cm³/mol. The van der Waals surface area contributed by atoms with E-state index in [9.17, 15) is 0 Å². The van der Waals surface area contributed by atoms with Gasteiger partial charge in [0.1, 0.15) is 11.5 Å². The normalized spacial score (nSPS) is 10.8. The van der Waals surface area contributed by atoms with Gasteiger partial charge in [-0.3, -0.25) is 9.55 Å². The third kappa shape index (κ3) is 3.60. The van der Waals surface area contributed by atoms with E-state index < -0.39 is 0 Å². The van der Waals surface area contributed by atoms with Crippen LogP contribution in [0.3, 0.4) is 0 Å². The smallest absolute Gasteiger partial charge is 0.187 e. The van der Waals surface area contributed by atoms with Gasteiger partial charge in [0.15, 0.2) is 5.82 Å². The average molecular weight is 323 g/mol. The van der Waals surface area contributed by atoms with Crippen LogP contribution < -0.4 is 5.32 Å². The fourth-order valence-electron chi connectivity index (χ4n) is 2.53. The molecule has 3 aromatic rings. The second-order valence-electron chi connectivity index (χ2n) is 5.44. The summed E-state index contributed by atoms with van der Waals surface area (Å²) in [7, 11) is 1.71. The Morgan fingerprint density at radius 3 is 2.75 bits per heavy atom. The van der Waals surface area contributed by atoms with Crippen molar-refractivity contribution in [2.45, 2.75) is 13.3 Å². The first kappa shape index (κ1) is 16.1. The van der Waals surface area contributed by atoms with Gasteiger partial charge in [0.05, 0.1) is 0 Å². The molecule has 3 rings (SSSR count). The summed E-state index contributed by atoms with van der Waals surface area (Å²) in [6.45, 7) is 3.53. The van der Waals surface area contributed by atoms with Crippen LogP contribution in [0.2, 0.25) is 0 Å². The van der Waals surface area contributed by atoms with Crippen molar-refractivity contribution in [2.24, 2.45) is 0 Å². The Kier molecular flexibility index (Phi) is 5.18. The number of methoxy groups -OCH3 is 1. The number of nitrogens with zero attached hydrogens (tertiary/aromatic N) is 4. The molecule has 0 saturated carbocycles. The van der Waals surface area contributed by atoms with Crippen molar-refractivity contribution < 1.29 is 4.74 Å². The Morgan fingerprint density at radius 2 is 1.96 bits per heavy atom. The van der Waals surface area contributed by atoms with Gasteiger partial charge in [0.25, 0.3) is 0 Å². The predicted octanol–water partition coefficient (Wildman–Crippen LogP) is 3.09. The van der Waals surface area contributed by atoms with Gasteiger partial charge in [-0.2, -0.15) is 0 Å². The molecule has 0 aliphatic carbocycles. The van der Waals surface area contributed by atoms with Gasteiger partial charge >= 0.3 is 0 Å². The maximum atomic E-state index is 5.07. The van der Waals surface area contributed by atoms with Crippen LogP contribution in [0.4, 0.5) is 5.69 Å². The molecule has 6 nitrogen and oxygen atoms in total. The van der Waals surface area contributed by atoms with E-state index in [1.165, 1.54) is 0 Å². The molecule has 124 valence electrons. The minimum atomic E-state index is 0.735. The Hall–Kier alpha value is -2.73. The zero-order valence-corrected chi connectivity index (χ0v) is 13.9. The van der Waals surface area contributed by atoms with Crippen molar-refractivity contribution in [3.8, 4) is 17.2 Å². The van der Waals surface area contributed by atoms with Crippen LogP contribution in [-0.4, -0.2) is 40.0 Å². The van der Waals surface area contributed by atoms with E-state index in [-0.39, 0.29) is 0 Å². The third-order valence-corrected chi connectivity index (χ3v) is 3.68. The van der Waals surface area contributed by atoms with Crippen molar-refractivity contribution in [3.63, 3.8) is 0 Å². The summed E-state index contributed by atoms with van der Waals surface area (Å²) >= 11 is 0. The quantitative estimate of drug-likeness (QED) is 0.677. The molecule has 1 N–H and O–H groups in total. The van der Waals surface area contributed by atoms with E-state index in [1.807, 2.05) is 54.0 Å². The lowest BCUT2D eigenvalue weighted by Gasteiger charge is -2.10. The van der Waals surface area contributed by atoms with Crippen LogP contribution in [0.25, 0.3) is 17.2 Å².